The monoisotopic (exact) mass is 644 g/mol. The van der Waals surface area contributed by atoms with Gasteiger partial charge in [-0.15, -0.1) is 0 Å². The van der Waals surface area contributed by atoms with Crippen LogP contribution in [0.5, 0.6) is 5.75 Å². The third kappa shape index (κ3) is 10.7. The van der Waals surface area contributed by atoms with Gasteiger partial charge in [0.05, 0.1) is 31.6 Å². The number of methoxy groups -OCH3 is 1. The summed E-state index contributed by atoms with van der Waals surface area (Å²) in [5, 5.41) is 8.09. The fraction of sp³-hybridized carbons (Fsp3) is 0.467. The number of imide groups is 1. The van der Waals surface area contributed by atoms with Gasteiger partial charge in [0.15, 0.2) is 5.82 Å². The Morgan fingerprint density at radius 3 is 2.26 bits per heavy atom. The molecule has 0 bridgehead atoms. The summed E-state index contributed by atoms with van der Waals surface area (Å²) in [6.45, 7) is 7.41. The second kappa shape index (κ2) is 17.9. The Morgan fingerprint density at radius 2 is 1.67 bits per heavy atom. The molecule has 1 aromatic carbocycles. The molecule has 0 unspecified atom stereocenters. The van der Waals surface area contributed by atoms with E-state index in [0.717, 1.165) is 18.7 Å². The van der Waals surface area contributed by atoms with Gasteiger partial charge in [0.2, 0.25) is 23.7 Å². The van der Waals surface area contributed by atoms with Crippen molar-refractivity contribution in [1.82, 2.24) is 15.3 Å². The molecule has 0 aliphatic carbocycles. The maximum absolute atomic E-state index is 13.0. The van der Waals surface area contributed by atoms with E-state index in [2.05, 4.69) is 25.9 Å². The number of hydrogen-bond donors (Lipinski definition) is 4. The SMILES string of the molecule is CCOC(=O)CC[C@@H](NC(=O)c1ccc(NCCCc2c(N(C(C)=O)C(C)=O)nc(NC(C)=O)[nH]c2=O)c(OC)c1)C(=O)OCC. The number of rotatable bonds is 16. The fourth-order valence-electron chi connectivity index (χ4n) is 4.34. The number of carbonyl (C=O) groups is 6. The van der Waals surface area contributed by atoms with Gasteiger partial charge in [0.1, 0.15) is 11.8 Å². The summed E-state index contributed by atoms with van der Waals surface area (Å²) < 4.78 is 15.4. The molecule has 16 heteroatoms. The van der Waals surface area contributed by atoms with Crippen LogP contribution in [-0.2, 0) is 39.9 Å². The van der Waals surface area contributed by atoms with E-state index >= 15 is 0 Å². The van der Waals surface area contributed by atoms with Gasteiger partial charge in [-0.2, -0.15) is 4.98 Å². The number of nitrogens with zero attached hydrogens (tertiary/aromatic N) is 2. The van der Waals surface area contributed by atoms with Gasteiger partial charge in [-0.25, -0.2) is 9.69 Å². The van der Waals surface area contributed by atoms with Crippen molar-refractivity contribution in [2.45, 2.75) is 66.3 Å². The van der Waals surface area contributed by atoms with Crippen molar-refractivity contribution in [2.24, 2.45) is 0 Å². The van der Waals surface area contributed by atoms with Crippen LogP contribution in [0.4, 0.5) is 17.5 Å². The highest BCUT2D eigenvalue weighted by atomic mass is 16.5. The lowest BCUT2D eigenvalue weighted by Gasteiger charge is -2.20. The normalized spacial score (nSPS) is 11.1. The predicted octanol–water partition coefficient (Wildman–Crippen LogP) is 1.69. The van der Waals surface area contributed by atoms with E-state index in [1.807, 2.05) is 0 Å². The van der Waals surface area contributed by atoms with Crippen LogP contribution in [0.25, 0.3) is 0 Å². The highest BCUT2D eigenvalue weighted by Gasteiger charge is 2.26. The highest BCUT2D eigenvalue weighted by molar-refractivity contribution is 6.13. The highest BCUT2D eigenvalue weighted by Crippen LogP contribution is 2.26. The molecule has 2 rings (SSSR count). The maximum atomic E-state index is 13.0. The van der Waals surface area contributed by atoms with Gasteiger partial charge in [-0.05, 0) is 51.3 Å². The zero-order valence-electron chi connectivity index (χ0n) is 26.7. The summed E-state index contributed by atoms with van der Waals surface area (Å²) in [5.74, 6) is -3.65. The summed E-state index contributed by atoms with van der Waals surface area (Å²) in [6.07, 6.45) is 0.348. The number of aromatic amines is 1. The van der Waals surface area contributed by atoms with Gasteiger partial charge >= 0.3 is 11.9 Å². The van der Waals surface area contributed by atoms with Crippen LogP contribution in [0.2, 0.25) is 0 Å². The van der Waals surface area contributed by atoms with Gasteiger partial charge in [-0.3, -0.25) is 39.1 Å². The lowest BCUT2D eigenvalue weighted by molar-refractivity contribution is -0.147. The lowest BCUT2D eigenvalue weighted by Crippen LogP contribution is -2.42. The summed E-state index contributed by atoms with van der Waals surface area (Å²) in [4.78, 5) is 93.4. The first-order valence-electron chi connectivity index (χ1n) is 14.6. The number of aromatic nitrogens is 2. The molecule has 0 saturated carbocycles. The predicted molar refractivity (Wildman–Crippen MR) is 167 cm³/mol. The van der Waals surface area contributed by atoms with Crippen molar-refractivity contribution >= 4 is 53.0 Å². The number of benzene rings is 1. The van der Waals surface area contributed by atoms with Crippen molar-refractivity contribution in [3.63, 3.8) is 0 Å². The summed E-state index contributed by atoms with van der Waals surface area (Å²) >= 11 is 0. The first-order chi connectivity index (χ1) is 21.8. The number of esters is 2. The van der Waals surface area contributed by atoms with E-state index in [1.165, 1.54) is 26.2 Å². The van der Waals surface area contributed by atoms with Crippen molar-refractivity contribution in [2.75, 3.05) is 42.4 Å². The van der Waals surface area contributed by atoms with Crippen LogP contribution in [0.3, 0.4) is 0 Å². The quantitative estimate of drug-likeness (QED) is 0.152. The second-order valence-electron chi connectivity index (χ2n) is 9.84. The van der Waals surface area contributed by atoms with E-state index < -0.39 is 47.2 Å². The average Bonchev–Trinajstić information content (AvgIpc) is 2.97. The zero-order chi connectivity index (χ0) is 34.4. The number of carbonyl (C=O) groups excluding carboxylic acids is 6. The van der Waals surface area contributed by atoms with Crippen molar-refractivity contribution < 1.29 is 43.0 Å². The Balaban J connectivity index is 2.17. The molecule has 46 heavy (non-hydrogen) atoms. The Kier molecular flexibility index (Phi) is 14.3. The van der Waals surface area contributed by atoms with Crippen LogP contribution in [-0.4, -0.2) is 78.4 Å². The third-order valence-corrected chi connectivity index (χ3v) is 6.33. The zero-order valence-corrected chi connectivity index (χ0v) is 26.7. The molecular weight excluding hydrogens is 604 g/mol. The van der Waals surface area contributed by atoms with Crippen LogP contribution >= 0.6 is 0 Å². The van der Waals surface area contributed by atoms with Crippen LogP contribution in [0, 0.1) is 0 Å². The first kappa shape index (κ1) is 36.9. The number of H-pyrrole nitrogens is 1. The minimum atomic E-state index is -1.07. The molecular formula is C30H40N6O10. The number of anilines is 3. The molecule has 4 amide bonds. The van der Waals surface area contributed by atoms with Crippen molar-refractivity contribution in [1.29, 1.82) is 0 Å². The number of ether oxygens (including phenoxy) is 3. The van der Waals surface area contributed by atoms with E-state index in [1.54, 1.807) is 19.9 Å². The molecule has 0 aliphatic rings. The molecule has 2 aromatic rings. The average molecular weight is 645 g/mol. The molecule has 0 aliphatic heterocycles. The van der Waals surface area contributed by atoms with E-state index in [4.69, 9.17) is 14.2 Å². The third-order valence-electron chi connectivity index (χ3n) is 6.33. The van der Waals surface area contributed by atoms with Crippen molar-refractivity contribution in [3.05, 3.63) is 39.7 Å². The second-order valence-corrected chi connectivity index (χ2v) is 9.84. The molecule has 16 nitrogen and oxygen atoms in total. The molecule has 1 aromatic heterocycles. The molecule has 1 heterocycles. The summed E-state index contributed by atoms with van der Waals surface area (Å²) in [7, 11) is 1.41. The Labute approximate surface area is 265 Å². The lowest BCUT2D eigenvalue weighted by atomic mass is 10.1. The number of amides is 4. The Morgan fingerprint density at radius 1 is 1.00 bits per heavy atom. The Bertz CT molecular complexity index is 1490. The molecule has 1 atom stereocenters. The van der Waals surface area contributed by atoms with Gasteiger partial charge in [0.25, 0.3) is 11.5 Å². The summed E-state index contributed by atoms with van der Waals surface area (Å²) in [5.41, 5.74) is 0.144. The van der Waals surface area contributed by atoms with Crippen molar-refractivity contribution in [3.8, 4) is 5.75 Å². The number of hydrogen-bond acceptors (Lipinski definition) is 12. The maximum Gasteiger partial charge on any atom is 0.328 e. The standard InChI is InChI=1S/C30H40N6O10/c1-7-45-25(40)14-13-23(29(43)46-8-2)33-27(41)20-11-12-22(24(16-20)44-6)31-15-9-10-21-26(36(18(4)38)19(5)39)34-30(32-17(3)37)35-28(21)42/h11-12,16,23,31H,7-10,13-15H2,1-6H3,(H,33,41)(H2,32,34,35,37,42)/t23-/m1/s1. The molecule has 0 spiro atoms. The van der Waals surface area contributed by atoms with Crippen LogP contribution in [0.15, 0.2) is 23.0 Å². The molecule has 250 valence electrons. The smallest absolute Gasteiger partial charge is 0.328 e. The molecule has 0 fully saturated rings. The summed E-state index contributed by atoms with van der Waals surface area (Å²) in [6, 6.07) is 3.51. The topological polar surface area (TPSA) is 215 Å². The van der Waals surface area contributed by atoms with E-state index in [0.29, 0.717) is 24.4 Å². The molecule has 0 saturated heterocycles. The van der Waals surface area contributed by atoms with E-state index in [-0.39, 0.29) is 55.4 Å². The largest absolute Gasteiger partial charge is 0.495 e. The Hall–Kier alpha value is -5.28. The van der Waals surface area contributed by atoms with Crippen LogP contribution < -0.4 is 31.1 Å². The minimum absolute atomic E-state index is 0.00713. The molecule has 0 radical (unpaired) electrons. The first-order valence-corrected chi connectivity index (χ1v) is 14.6. The van der Waals surface area contributed by atoms with Gasteiger partial charge < -0.3 is 24.8 Å². The van der Waals surface area contributed by atoms with Gasteiger partial charge in [0, 0.05) is 39.3 Å². The van der Waals surface area contributed by atoms with Gasteiger partial charge in [-0.1, -0.05) is 0 Å². The van der Waals surface area contributed by atoms with E-state index in [9.17, 15) is 33.6 Å². The molecule has 4 N–H and O–H groups in total. The fourth-order valence-corrected chi connectivity index (χ4v) is 4.34. The number of nitrogens with one attached hydrogen (secondary N) is 4. The van der Waals surface area contributed by atoms with Crippen LogP contribution in [0.1, 0.15) is 69.8 Å². The minimum Gasteiger partial charge on any atom is -0.495 e.